The summed E-state index contributed by atoms with van der Waals surface area (Å²) in [5.74, 6) is 0.295. The number of benzene rings is 1. The minimum atomic E-state index is 0.111. The highest BCUT2D eigenvalue weighted by Gasteiger charge is 2.23. The highest BCUT2D eigenvalue weighted by molar-refractivity contribution is 5.98. The van der Waals surface area contributed by atoms with Crippen LogP contribution in [0.2, 0.25) is 0 Å². The summed E-state index contributed by atoms with van der Waals surface area (Å²) >= 11 is 0. The molecule has 0 radical (unpaired) electrons. The van der Waals surface area contributed by atoms with Crippen LogP contribution in [-0.4, -0.2) is 17.5 Å². The quantitative estimate of drug-likeness (QED) is 0.702. The van der Waals surface area contributed by atoms with Crippen molar-refractivity contribution < 1.29 is 9.90 Å². The summed E-state index contributed by atoms with van der Waals surface area (Å²) < 4.78 is 0. The fourth-order valence-corrected chi connectivity index (χ4v) is 1.85. The zero-order chi connectivity index (χ0) is 9.26. The van der Waals surface area contributed by atoms with Gasteiger partial charge in [-0.1, -0.05) is 24.3 Å². The number of hydrogen-bond donors (Lipinski definition) is 1. The van der Waals surface area contributed by atoms with Gasteiger partial charge in [0.05, 0.1) is 0 Å². The summed E-state index contributed by atoms with van der Waals surface area (Å²) in [6.07, 6.45) is 1.33. The molecule has 68 valence electrons. The largest absolute Gasteiger partial charge is 0.396 e. The minimum absolute atomic E-state index is 0.111. The van der Waals surface area contributed by atoms with Gasteiger partial charge in [0.15, 0.2) is 5.78 Å². The molecule has 0 heterocycles. The van der Waals surface area contributed by atoms with Crippen LogP contribution in [-0.2, 0) is 6.42 Å². The van der Waals surface area contributed by atoms with Crippen molar-refractivity contribution in [3.8, 4) is 0 Å². The number of aliphatic hydroxyl groups is 1. The van der Waals surface area contributed by atoms with E-state index in [-0.39, 0.29) is 18.3 Å². The number of carbonyl (C=O) groups is 1. The first kappa shape index (κ1) is 8.45. The summed E-state index contributed by atoms with van der Waals surface area (Å²) in [4.78, 5) is 11.5. The fourth-order valence-electron chi connectivity index (χ4n) is 1.85. The Bertz CT molecular complexity index is 331. The molecule has 1 aliphatic rings. The fraction of sp³-hybridized carbons (Fsp3) is 0.364. The van der Waals surface area contributed by atoms with Gasteiger partial charge in [-0.15, -0.1) is 0 Å². The first-order valence-electron chi connectivity index (χ1n) is 4.53. The molecule has 2 rings (SSSR count). The van der Waals surface area contributed by atoms with Crippen molar-refractivity contribution in [1.82, 2.24) is 0 Å². The van der Waals surface area contributed by atoms with E-state index in [1.807, 2.05) is 24.3 Å². The van der Waals surface area contributed by atoms with Gasteiger partial charge in [-0.25, -0.2) is 0 Å². The number of aliphatic hydroxyl groups excluding tert-OH is 1. The van der Waals surface area contributed by atoms with Crippen molar-refractivity contribution in [1.29, 1.82) is 0 Å². The SMILES string of the molecule is O=C1CC(CO)Cc2ccccc21. The van der Waals surface area contributed by atoms with Gasteiger partial charge < -0.3 is 5.11 Å². The lowest BCUT2D eigenvalue weighted by Gasteiger charge is -2.21. The predicted molar refractivity (Wildman–Crippen MR) is 49.7 cm³/mol. The van der Waals surface area contributed by atoms with Crippen molar-refractivity contribution in [2.75, 3.05) is 6.61 Å². The Hall–Kier alpha value is -1.15. The molecular weight excluding hydrogens is 164 g/mol. The van der Waals surface area contributed by atoms with Crippen molar-refractivity contribution in [3.05, 3.63) is 35.4 Å². The first-order chi connectivity index (χ1) is 6.31. The molecule has 0 saturated heterocycles. The second-order valence-electron chi connectivity index (χ2n) is 3.54. The van der Waals surface area contributed by atoms with E-state index in [9.17, 15) is 4.79 Å². The Labute approximate surface area is 77.2 Å². The number of rotatable bonds is 1. The second-order valence-corrected chi connectivity index (χ2v) is 3.54. The normalized spacial score (nSPS) is 21.3. The van der Waals surface area contributed by atoms with E-state index in [1.165, 1.54) is 0 Å². The topological polar surface area (TPSA) is 37.3 Å². The molecule has 1 unspecified atom stereocenters. The lowest BCUT2D eigenvalue weighted by molar-refractivity contribution is 0.0919. The highest BCUT2D eigenvalue weighted by Crippen LogP contribution is 2.24. The third-order valence-corrected chi connectivity index (χ3v) is 2.56. The van der Waals surface area contributed by atoms with Gasteiger partial charge in [-0.05, 0) is 17.9 Å². The Balaban J connectivity index is 2.37. The molecule has 0 saturated carbocycles. The molecule has 0 amide bonds. The molecular formula is C11H12O2. The van der Waals surface area contributed by atoms with Crippen molar-refractivity contribution in [2.24, 2.45) is 5.92 Å². The lowest BCUT2D eigenvalue weighted by Crippen LogP contribution is -2.22. The first-order valence-corrected chi connectivity index (χ1v) is 4.53. The van der Waals surface area contributed by atoms with Gasteiger partial charge in [0.25, 0.3) is 0 Å². The van der Waals surface area contributed by atoms with E-state index < -0.39 is 0 Å². The second kappa shape index (κ2) is 3.30. The Morgan fingerprint density at radius 2 is 2.08 bits per heavy atom. The van der Waals surface area contributed by atoms with Crippen LogP contribution < -0.4 is 0 Å². The molecule has 2 nitrogen and oxygen atoms in total. The number of ketones is 1. The summed E-state index contributed by atoms with van der Waals surface area (Å²) in [6.45, 7) is 0.111. The molecule has 0 bridgehead atoms. The molecule has 0 spiro atoms. The molecule has 2 heteroatoms. The van der Waals surface area contributed by atoms with Gasteiger partial charge in [0, 0.05) is 18.6 Å². The van der Waals surface area contributed by atoms with Crippen LogP contribution in [0.5, 0.6) is 0 Å². The number of Topliss-reactive ketones (excluding diaryl/α,β-unsaturated/α-hetero) is 1. The van der Waals surface area contributed by atoms with Crippen molar-refractivity contribution in [2.45, 2.75) is 12.8 Å². The number of hydrogen-bond acceptors (Lipinski definition) is 2. The Morgan fingerprint density at radius 1 is 1.31 bits per heavy atom. The van der Waals surface area contributed by atoms with E-state index in [4.69, 9.17) is 5.11 Å². The minimum Gasteiger partial charge on any atom is -0.396 e. The number of fused-ring (bicyclic) bond motifs is 1. The maximum Gasteiger partial charge on any atom is 0.163 e. The van der Waals surface area contributed by atoms with Gasteiger partial charge in [-0.2, -0.15) is 0 Å². The molecule has 13 heavy (non-hydrogen) atoms. The van der Waals surface area contributed by atoms with Crippen LogP contribution in [0.3, 0.4) is 0 Å². The Morgan fingerprint density at radius 3 is 2.85 bits per heavy atom. The van der Waals surface area contributed by atoms with E-state index in [1.54, 1.807) is 0 Å². The molecule has 1 N–H and O–H groups in total. The van der Waals surface area contributed by atoms with Crippen molar-refractivity contribution >= 4 is 5.78 Å². The van der Waals surface area contributed by atoms with Gasteiger partial charge >= 0.3 is 0 Å². The van der Waals surface area contributed by atoms with Crippen molar-refractivity contribution in [3.63, 3.8) is 0 Å². The average molecular weight is 176 g/mol. The van der Waals surface area contributed by atoms with E-state index in [2.05, 4.69) is 0 Å². The maximum atomic E-state index is 11.5. The number of carbonyl (C=O) groups excluding carboxylic acids is 1. The molecule has 1 atom stereocenters. The molecule has 0 aromatic heterocycles. The van der Waals surface area contributed by atoms with Gasteiger partial charge in [0.1, 0.15) is 0 Å². The monoisotopic (exact) mass is 176 g/mol. The molecule has 0 fully saturated rings. The highest BCUT2D eigenvalue weighted by atomic mass is 16.3. The van der Waals surface area contributed by atoms with E-state index in [0.29, 0.717) is 6.42 Å². The molecule has 1 aromatic carbocycles. The zero-order valence-electron chi connectivity index (χ0n) is 7.36. The summed E-state index contributed by atoms with van der Waals surface area (Å²) in [7, 11) is 0. The average Bonchev–Trinajstić information content (AvgIpc) is 2.18. The smallest absolute Gasteiger partial charge is 0.163 e. The summed E-state index contributed by atoms with van der Waals surface area (Å²) in [5.41, 5.74) is 1.92. The third-order valence-electron chi connectivity index (χ3n) is 2.56. The van der Waals surface area contributed by atoms with Crippen LogP contribution in [0.25, 0.3) is 0 Å². The maximum absolute atomic E-state index is 11.5. The third kappa shape index (κ3) is 1.49. The lowest BCUT2D eigenvalue weighted by atomic mass is 9.83. The summed E-state index contributed by atoms with van der Waals surface area (Å²) in [6, 6.07) is 7.65. The summed E-state index contributed by atoms with van der Waals surface area (Å²) in [5, 5.41) is 8.98. The van der Waals surface area contributed by atoms with Crippen LogP contribution in [0.15, 0.2) is 24.3 Å². The standard InChI is InChI=1S/C11H12O2/c12-7-8-5-9-3-1-2-4-10(9)11(13)6-8/h1-4,8,12H,5-7H2. The predicted octanol–water partition coefficient (Wildman–Crippen LogP) is 1.42. The van der Waals surface area contributed by atoms with Gasteiger partial charge in [-0.3, -0.25) is 4.79 Å². The molecule has 1 aliphatic carbocycles. The van der Waals surface area contributed by atoms with E-state index in [0.717, 1.165) is 17.5 Å². The van der Waals surface area contributed by atoms with Crippen LogP contribution >= 0.6 is 0 Å². The Kier molecular flexibility index (Phi) is 2.15. The molecule has 0 aliphatic heterocycles. The van der Waals surface area contributed by atoms with E-state index >= 15 is 0 Å². The van der Waals surface area contributed by atoms with Crippen LogP contribution in [0, 0.1) is 5.92 Å². The van der Waals surface area contributed by atoms with Crippen LogP contribution in [0.1, 0.15) is 22.3 Å². The van der Waals surface area contributed by atoms with Gasteiger partial charge in [0.2, 0.25) is 0 Å². The van der Waals surface area contributed by atoms with Crippen LogP contribution in [0.4, 0.5) is 0 Å². The zero-order valence-corrected chi connectivity index (χ0v) is 7.36. The molecule has 1 aromatic rings.